The van der Waals surface area contributed by atoms with Crippen molar-refractivity contribution in [2.45, 2.75) is 45.2 Å². The van der Waals surface area contributed by atoms with Crippen molar-refractivity contribution in [3.05, 3.63) is 29.6 Å². The molecule has 3 atom stereocenters. The maximum atomic E-state index is 14.2. The van der Waals surface area contributed by atoms with E-state index in [-0.39, 0.29) is 35.8 Å². The quantitative estimate of drug-likeness (QED) is 0.396. The highest BCUT2D eigenvalue weighted by Crippen LogP contribution is 2.31. The van der Waals surface area contributed by atoms with E-state index in [1.165, 1.54) is 19.3 Å². The molecule has 134 valence electrons. The average Bonchev–Trinajstić information content (AvgIpc) is 3.44. The molecule has 2 aliphatic carbocycles. The minimum atomic E-state index is -0.296. The molecule has 0 saturated heterocycles. The highest BCUT2D eigenvalue weighted by molar-refractivity contribution is 14.0. The van der Waals surface area contributed by atoms with E-state index in [1.54, 1.807) is 19.2 Å². The van der Waals surface area contributed by atoms with Gasteiger partial charge in [-0.2, -0.15) is 0 Å². The normalized spacial score (nSPS) is 23.9. The van der Waals surface area contributed by atoms with Crippen molar-refractivity contribution in [2.24, 2.45) is 16.8 Å². The number of rotatable bonds is 6. The monoisotopic (exact) mass is 447 g/mol. The Kier molecular flexibility index (Phi) is 6.71. The zero-order valence-corrected chi connectivity index (χ0v) is 16.8. The average molecular weight is 447 g/mol. The summed E-state index contributed by atoms with van der Waals surface area (Å²) in [6.45, 7) is 4.84. The van der Waals surface area contributed by atoms with Gasteiger partial charge in [-0.05, 0) is 55.7 Å². The molecule has 24 heavy (non-hydrogen) atoms. The van der Waals surface area contributed by atoms with E-state index in [9.17, 15) is 4.39 Å². The summed E-state index contributed by atoms with van der Waals surface area (Å²) in [7, 11) is 1.75. The minimum absolute atomic E-state index is 0. The van der Waals surface area contributed by atoms with Crippen LogP contribution in [0.25, 0.3) is 0 Å². The summed E-state index contributed by atoms with van der Waals surface area (Å²) >= 11 is 0. The molecule has 2 N–H and O–H groups in total. The Morgan fingerprint density at radius 2 is 2.12 bits per heavy atom. The first-order valence-corrected chi connectivity index (χ1v) is 8.49. The second-order valence-corrected chi connectivity index (χ2v) is 6.85. The third-order valence-electron chi connectivity index (χ3n) is 4.64. The van der Waals surface area contributed by atoms with E-state index in [0.29, 0.717) is 30.2 Å². The van der Waals surface area contributed by atoms with E-state index in [1.807, 2.05) is 13.0 Å². The summed E-state index contributed by atoms with van der Waals surface area (Å²) in [5.74, 6) is 2.14. The molecule has 0 aliphatic heterocycles. The van der Waals surface area contributed by atoms with Crippen LogP contribution in [0.2, 0.25) is 0 Å². The van der Waals surface area contributed by atoms with Crippen LogP contribution < -0.4 is 15.4 Å². The number of guanidine groups is 1. The van der Waals surface area contributed by atoms with Crippen molar-refractivity contribution >= 4 is 29.9 Å². The van der Waals surface area contributed by atoms with Gasteiger partial charge in [-0.15, -0.1) is 24.0 Å². The number of ether oxygens (including phenoxy) is 1. The molecule has 0 aromatic heterocycles. The van der Waals surface area contributed by atoms with Crippen LogP contribution in [0.15, 0.2) is 23.2 Å². The summed E-state index contributed by atoms with van der Waals surface area (Å²) in [4.78, 5) is 4.24. The third-order valence-corrected chi connectivity index (χ3v) is 4.64. The SMILES string of the molecule is CN=C(NC(C)c1ccc(OCC2CC2)c(F)c1)NC1CC1C.I. The van der Waals surface area contributed by atoms with Gasteiger partial charge in [0.25, 0.3) is 0 Å². The van der Waals surface area contributed by atoms with Crippen LogP contribution in [0.1, 0.15) is 44.7 Å². The van der Waals surface area contributed by atoms with E-state index in [0.717, 1.165) is 11.5 Å². The lowest BCUT2D eigenvalue weighted by molar-refractivity contribution is 0.285. The standard InChI is InChI=1S/C18H26FN3O.HI/c1-11-8-16(11)22-18(20-3)21-12(2)14-6-7-17(15(19)9-14)23-10-13-4-5-13;/h6-7,9,11-13,16H,4-5,8,10H2,1-3H3,(H2,20,21,22);1H. The largest absolute Gasteiger partial charge is 0.490 e. The van der Waals surface area contributed by atoms with Crippen molar-refractivity contribution in [3.63, 3.8) is 0 Å². The summed E-state index contributed by atoms with van der Waals surface area (Å²) in [6, 6.07) is 5.67. The van der Waals surface area contributed by atoms with Gasteiger partial charge < -0.3 is 15.4 Å². The molecule has 0 bridgehead atoms. The van der Waals surface area contributed by atoms with Gasteiger partial charge in [-0.25, -0.2) is 4.39 Å². The maximum Gasteiger partial charge on any atom is 0.191 e. The summed E-state index contributed by atoms with van der Waals surface area (Å²) in [5, 5.41) is 6.69. The third kappa shape index (κ3) is 5.22. The zero-order valence-electron chi connectivity index (χ0n) is 14.5. The van der Waals surface area contributed by atoms with Gasteiger partial charge in [0.2, 0.25) is 0 Å². The number of nitrogens with one attached hydrogen (secondary N) is 2. The first-order chi connectivity index (χ1) is 11.1. The summed E-state index contributed by atoms with van der Waals surface area (Å²) in [5.41, 5.74) is 0.882. The molecule has 4 nitrogen and oxygen atoms in total. The van der Waals surface area contributed by atoms with Crippen LogP contribution in [-0.2, 0) is 0 Å². The Hall–Kier alpha value is -1.05. The molecule has 0 amide bonds. The van der Waals surface area contributed by atoms with Gasteiger partial charge in [-0.1, -0.05) is 13.0 Å². The molecule has 3 rings (SSSR count). The minimum Gasteiger partial charge on any atom is -0.490 e. The number of aliphatic imine (C=N–C) groups is 1. The number of benzene rings is 1. The molecular weight excluding hydrogens is 420 g/mol. The molecule has 0 radical (unpaired) electrons. The van der Waals surface area contributed by atoms with Crippen molar-refractivity contribution in [3.8, 4) is 5.75 Å². The van der Waals surface area contributed by atoms with E-state index < -0.39 is 0 Å². The number of nitrogens with zero attached hydrogens (tertiary/aromatic N) is 1. The predicted octanol–water partition coefficient (Wildman–Crippen LogP) is 3.87. The van der Waals surface area contributed by atoms with Gasteiger partial charge in [0.15, 0.2) is 17.5 Å². The second kappa shape index (κ2) is 8.36. The first-order valence-electron chi connectivity index (χ1n) is 8.49. The van der Waals surface area contributed by atoms with Crippen LogP contribution in [0.4, 0.5) is 4.39 Å². The smallest absolute Gasteiger partial charge is 0.191 e. The molecule has 2 fully saturated rings. The Morgan fingerprint density at radius 1 is 1.42 bits per heavy atom. The number of halogens is 2. The van der Waals surface area contributed by atoms with Gasteiger partial charge >= 0.3 is 0 Å². The summed E-state index contributed by atoms with van der Waals surface area (Å²) in [6.07, 6.45) is 3.58. The maximum absolute atomic E-state index is 14.2. The molecule has 1 aromatic rings. The van der Waals surface area contributed by atoms with Crippen LogP contribution in [0.5, 0.6) is 5.75 Å². The van der Waals surface area contributed by atoms with Crippen molar-refractivity contribution in [2.75, 3.05) is 13.7 Å². The van der Waals surface area contributed by atoms with E-state index in [4.69, 9.17) is 4.74 Å². The van der Waals surface area contributed by atoms with Crippen molar-refractivity contribution in [1.29, 1.82) is 0 Å². The van der Waals surface area contributed by atoms with Crippen LogP contribution >= 0.6 is 24.0 Å². The van der Waals surface area contributed by atoms with Gasteiger partial charge in [0, 0.05) is 13.1 Å². The lowest BCUT2D eigenvalue weighted by atomic mass is 10.1. The molecule has 6 heteroatoms. The Morgan fingerprint density at radius 3 is 2.67 bits per heavy atom. The van der Waals surface area contributed by atoms with Crippen LogP contribution in [0.3, 0.4) is 0 Å². The fourth-order valence-corrected chi connectivity index (χ4v) is 2.55. The highest BCUT2D eigenvalue weighted by atomic mass is 127. The van der Waals surface area contributed by atoms with Crippen molar-refractivity contribution < 1.29 is 9.13 Å². The molecule has 3 unspecified atom stereocenters. The van der Waals surface area contributed by atoms with Gasteiger partial charge in [0.1, 0.15) is 0 Å². The predicted molar refractivity (Wildman–Crippen MR) is 106 cm³/mol. The number of hydrogen-bond acceptors (Lipinski definition) is 2. The molecule has 1 aromatic carbocycles. The fraction of sp³-hybridized carbons (Fsp3) is 0.611. The highest BCUT2D eigenvalue weighted by Gasteiger charge is 2.33. The Balaban J connectivity index is 0.00000208. The second-order valence-electron chi connectivity index (χ2n) is 6.85. The molecular formula is C18H27FIN3O. The van der Waals surface area contributed by atoms with E-state index >= 15 is 0 Å². The lowest BCUT2D eigenvalue weighted by Gasteiger charge is -2.19. The zero-order chi connectivity index (χ0) is 16.4. The van der Waals surface area contributed by atoms with Crippen molar-refractivity contribution in [1.82, 2.24) is 10.6 Å². The molecule has 2 aliphatic rings. The van der Waals surface area contributed by atoms with Gasteiger partial charge in [-0.3, -0.25) is 4.99 Å². The molecule has 2 saturated carbocycles. The molecule has 0 heterocycles. The van der Waals surface area contributed by atoms with Gasteiger partial charge in [0.05, 0.1) is 12.6 Å². The number of hydrogen-bond donors (Lipinski definition) is 2. The Bertz CT molecular complexity index is 592. The lowest BCUT2D eigenvalue weighted by Crippen LogP contribution is -2.40. The summed E-state index contributed by atoms with van der Waals surface area (Å²) < 4.78 is 19.7. The molecule has 0 spiro atoms. The fourth-order valence-electron chi connectivity index (χ4n) is 2.55. The van der Waals surface area contributed by atoms with Crippen LogP contribution in [0, 0.1) is 17.7 Å². The Labute approximate surface area is 160 Å². The first kappa shape index (κ1) is 19.3. The topological polar surface area (TPSA) is 45.7 Å². The van der Waals surface area contributed by atoms with E-state index in [2.05, 4.69) is 22.5 Å². The van der Waals surface area contributed by atoms with Crippen LogP contribution in [-0.4, -0.2) is 25.7 Å².